The Kier molecular flexibility index (Phi) is 3.55. The molecule has 88 valence electrons. The van der Waals surface area contributed by atoms with Crippen molar-refractivity contribution in [3.8, 4) is 5.75 Å². The summed E-state index contributed by atoms with van der Waals surface area (Å²) in [6.07, 6.45) is 3.94. The normalized spacial score (nSPS) is 18.7. The summed E-state index contributed by atoms with van der Waals surface area (Å²) in [4.78, 5) is 0. The van der Waals surface area contributed by atoms with Crippen molar-refractivity contribution < 1.29 is 9.84 Å². The van der Waals surface area contributed by atoms with Crippen molar-refractivity contribution in [3.05, 3.63) is 28.2 Å². The third-order valence-electron chi connectivity index (χ3n) is 3.18. The van der Waals surface area contributed by atoms with Crippen molar-refractivity contribution in [2.24, 2.45) is 0 Å². The average Bonchev–Trinajstić information content (AvgIpc) is 2.67. The van der Waals surface area contributed by atoms with Gasteiger partial charge in [-0.25, -0.2) is 0 Å². The fraction of sp³-hybridized carbons (Fsp3) is 0.538. The van der Waals surface area contributed by atoms with Crippen LogP contribution >= 0.6 is 15.9 Å². The minimum atomic E-state index is -0.602. The van der Waals surface area contributed by atoms with E-state index in [4.69, 9.17) is 4.74 Å². The molecule has 16 heavy (non-hydrogen) atoms. The van der Waals surface area contributed by atoms with Gasteiger partial charge in [0.2, 0.25) is 0 Å². The van der Waals surface area contributed by atoms with E-state index in [9.17, 15) is 5.11 Å². The van der Waals surface area contributed by atoms with Crippen LogP contribution in [-0.2, 0) is 0 Å². The lowest BCUT2D eigenvalue weighted by atomic mass is 10.0. The number of halogens is 1. The summed E-state index contributed by atoms with van der Waals surface area (Å²) in [6.45, 7) is 2.42. The maximum absolute atomic E-state index is 10.2. The Morgan fingerprint density at radius 3 is 2.75 bits per heavy atom. The zero-order valence-electron chi connectivity index (χ0n) is 9.50. The van der Waals surface area contributed by atoms with E-state index < -0.39 is 5.60 Å². The fourth-order valence-electron chi connectivity index (χ4n) is 2.12. The quantitative estimate of drug-likeness (QED) is 0.921. The third kappa shape index (κ3) is 2.77. The molecule has 1 saturated carbocycles. The van der Waals surface area contributed by atoms with Crippen molar-refractivity contribution in [2.75, 3.05) is 6.61 Å². The topological polar surface area (TPSA) is 29.5 Å². The van der Waals surface area contributed by atoms with Gasteiger partial charge in [-0.3, -0.25) is 0 Å². The number of rotatable bonds is 3. The second kappa shape index (κ2) is 4.76. The first-order valence-corrected chi connectivity index (χ1v) is 6.50. The Bertz CT molecular complexity index is 370. The molecule has 0 amide bonds. The largest absolute Gasteiger partial charge is 0.490 e. The molecule has 1 aromatic carbocycles. The highest BCUT2D eigenvalue weighted by Gasteiger charge is 2.31. The molecule has 0 atom stereocenters. The first kappa shape index (κ1) is 11.9. The average molecular weight is 285 g/mol. The van der Waals surface area contributed by atoms with Crippen molar-refractivity contribution in [3.63, 3.8) is 0 Å². The summed E-state index contributed by atoms with van der Waals surface area (Å²) in [7, 11) is 0. The summed E-state index contributed by atoms with van der Waals surface area (Å²) in [5, 5.41) is 10.2. The van der Waals surface area contributed by atoms with E-state index in [1.165, 1.54) is 0 Å². The summed E-state index contributed by atoms with van der Waals surface area (Å²) in [6, 6.07) is 5.96. The molecule has 1 aliphatic carbocycles. The highest BCUT2D eigenvalue weighted by Crippen LogP contribution is 2.31. The molecule has 1 aromatic rings. The Morgan fingerprint density at radius 1 is 1.38 bits per heavy atom. The van der Waals surface area contributed by atoms with Crippen LogP contribution in [0.2, 0.25) is 0 Å². The standard InChI is InChI=1S/C13H17BrO2/c1-10-4-5-11(14)8-12(10)16-9-13(15)6-2-3-7-13/h4-5,8,15H,2-3,6-7,9H2,1H3. The number of hydrogen-bond donors (Lipinski definition) is 1. The van der Waals surface area contributed by atoms with Crippen LogP contribution in [-0.4, -0.2) is 17.3 Å². The van der Waals surface area contributed by atoms with E-state index >= 15 is 0 Å². The molecule has 1 aliphatic rings. The highest BCUT2D eigenvalue weighted by atomic mass is 79.9. The molecule has 0 unspecified atom stereocenters. The SMILES string of the molecule is Cc1ccc(Br)cc1OCC1(O)CCCC1. The molecule has 0 spiro atoms. The minimum absolute atomic E-state index is 0.407. The van der Waals surface area contributed by atoms with Crippen molar-refractivity contribution in [2.45, 2.75) is 38.2 Å². The van der Waals surface area contributed by atoms with E-state index in [0.29, 0.717) is 6.61 Å². The van der Waals surface area contributed by atoms with Crippen LogP contribution < -0.4 is 4.74 Å². The van der Waals surface area contributed by atoms with Crippen LogP contribution in [0.5, 0.6) is 5.75 Å². The molecule has 0 aromatic heterocycles. The number of benzene rings is 1. The van der Waals surface area contributed by atoms with Crippen LogP contribution in [0.4, 0.5) is 0 Å². The number of aryl methyl sites for hydroxylation is 1. The van der Waals surface area contributed by atoms with Gasteiger partial charge < -0.3 is 9.84 Å². The van der Waals surface area contributed by atoms with Crippen LogP contribution in [0, 0.1) is 6.92 Å². The van der Waals surface area contributed by atoms with Crippen LogP contribution in [0.3, 0.4) is 0 Å². The van der Waals surface area contributed by atoms with Crippen molar-refractivity contribution in [1.82, 2.24) is 0 Å². The monoisotopic (exact) mass is 284 g/mol. The Labute approximate surface area is 105 Å². The zero-order valence-corrected chi connectivity index (χ0v) is 11.1. The van der Waals surface area contributed by atoms with Gasteiger partial charge in [0.25, 0.3) is 0 Å². The predicted octanol–water partition coefficient (Wildman–Crippen LogP) is 3.44. The molecule has 0 saturated heterocycles. The lowest BCUT2D eigenvalue weighted by Gasteiger charge is -2.22. The second-order valence-electron chi connectivity index (χ2n) is 4.63. The molecule has 1 fully saturated rings. The summed E-state index contributed by atoms with van der Waals surface area (Å²) in [5.74, 6) is 0.856. The Hall–Kier alpha value is -0.540. The van der Waals surface area contributed by atoms with E-state index in [-0.39, 0.29) is 0 Å². The molecule has 0 heterocycles. The van der Waals surface area contributed by atoms with E-state index in [1.54, 1.807) is 0 Å². The zero-order chi connectivity index (χ0) is 11.6. The molecular weight excluding hydrogens is 268 g/mol. The van der Waals surface area contributed by atoms with Crippen molar-refractivity contribution in [1.29, 1.82) is 0 Å². The van der Waals surface area contributed by atoms with Gasteiger partial charge >= 0.3 is 0 Å². The van der Waals surface area contributed by atoms with Gasteiger partial charge in [-0.05, 0) is 37.5 Å². The van der Waals surface area contributed by atoms with E-state index in [1.807, 2.05) is 25.1 Å². The summed E-state index contributed by atoms with van der Waals surface area (Å²) >= 11 is 3.42. The summed E-state index contributed by atoms with van der Waals surface area (Å²) < 4.78 is 6.73. The number of ether oxygens (including phenoxy) is 1. The first-order valence-electron chi connectivity index (χ1n) is 5.70. The van der Waals surface area contributed by atoms with Gasteiger partial charge in [0.15, 0.2) is 0 Å². The van der Waals surface area contributed by atoms with Gasteiger partial charge in [-0.15, -0.1) is 0 Å². The van der Waals surface area contributed by atoms with Crippen molar-refractivity contribution >= 4 is 15.9 Å². The molecule has 0 bridgehead atoms. The molecule has 0 radical (unpaired) electrons. The molecule has 0 aliphatic heterocycles. The van der Waals surface area contributed by atoms with Gasteiger partial charge in [0, 0.05) is 4.47 Å². The van der Waals surface area contributed by atoms with Gasteiger partial charge in [0.05, 0.1) is 5.60 Å². The van der Waals surface area contributed by atoms with Crippen LogP contribution in [0.1, 0.15) is 31.2 Å². The molecule has 2 rings (SSSR count). The highest BCUT2D eigenvalue weighted by molar-refractivity contribution is 9.10. The second-order valence-corrected chi connectivity index (χ2v) is 5.55. The minimum Gasteiger partial charge on any atom is -0.490 e. The number of aliphatic hydroxyl groups is 1. The first-order chi connectivity index (χ1) is 7.59. The third-order valence-corrected chi connectivity index (χ3v) is 3.67. The van der Waals surface area contributed by atoms with E-state index in [2.05, 4.69) is 15.9 Å². The maximum Gasteiger partial charge on any atom is 0.123 e. The summed E-state index contributed by atoms with van der Waals surface area (Å²) in [5.41, 5.74) is 0.499. The molecule has 3 heteroatoms. The van der Waals surface area contributed by atoms with Gasteiger partial charge in [-0.1, -0.05) is 34.8 Å². The van der Waals surface area contributed by atoms with E-state index in [0.717, 1.165) is 41.5 Å². The lowest BCUT2D eigenvalue weighted by Crippen LogP contribution is -2.32. The lowest BCUT2D eigenvalue weighted by molar-refractivity contribution is 0.00120. The Morgan fingerprint density at radius 2 is 2.06 bits per heavy atom. The van der Waals surface area contributed by atoms with Crippen LogP contribution in [0.15, 0.2) is 22.7 Å². The van der Waals surface area contributed by atoms with Gasteiger partial charge in [0.1, 0.15) is 12.4 Å². The molecular formula is C13H17BrO2. The predicted molar refractivity (Wildman–Crippen MR) is 67.8 cm³/mol. The molecule has 1 N–H and O–H groups in total. The maximum atomic E-state index is 10.2. The Balaban J connectivity index is 2.01. The van der Waals surface area contributed by atoms with Gasteiger partial charge in [-0.2, -0.15) is 0 Å². The smallest absolute Gasteiger partial charge is 0.123 e. The number of hydrogen-bond acceptors (Lipinski definition) is 2. The fourth-order valence-corrected chi connectivity index (χ4v) is 2.46. The van der Waals surface area contributed by atoms with Crippen LogP contribution in [0.25, 0.3) is 0 Å². The molecule has 2 nitrogen and oxygen atoms in total.